The number of carbonyl (C=O) groups excluding carboxylic acids is 6. The third-order valence-electron chi connectivity index (χ3n) is 11.0. The van der Waals surface area contributed by atoms with Crippen LogP contribution in [0.2, 0.25) is 0 Å². The number of carbonyl (C=O) groups is 8. The summed E-state index contributed by atoms with van der Waals surface area (Å²) in [5.41, 5.74) is 2.43. The van der Waals surface area contributed by atoms with Gasteiger partial charge < -0.3 is 41.1 Å². The van der Waals surface area contributed by atoms with Gasteiger partial charge in [-0.05, 0) is 67.0 Å². The maximum absolute atomic E-state index is 14.7. The van der Waals surface area contributed by atoms with E-state index in [2.05, 4.69) is 26.3 Å². The van der Waals surface area contributed by atoms with Gasteiger partial charge in [0.2, 0.25) is 23.6 Å². The van der Waals surface area contributed by atoms with E-state index in [9.17, 15) is 57.4 Å². The molecular weight excluding hydrogens is 863 g/mol. The number of aromatic nitrogens is 1. The first kappa shape index (κ1) is 49.7. The maximum Gasteiger partial charge on any atom is 0.305 e. The summed E-state index contributed by atoms with van der Waals surface area (Å²) in [6, 6.07) is 10.9. The average molecular weight is 915 g/mol. The van der Waals surface area contributed by atoms with E-state index >= 15 is 0 Å². The quantitative estimate of drug-likeness (QED) is 0.0741. The Balaban J connectivity index is 1.37. The zero-order chi connectivity index (χ0) is 48.4. The Hall–Kier alpha value is -7.31. The minimum absolute atomic E-state index is 0.0144. The fourth-order valence-electron chi connectivity index (χ4n) is 7.51. The highest BCUT2D eigenvalue weighted by molar-refractivity contribution is 6.00. The summed E-state index contributed by atoms with van der Waals surface area (Å²) in [6.45, 7) is 7.24. The highest BCUT2D eigenvalue weighted by Crippen LogP contribution is 2.32. The standard InChI is InChI=1S/C47H52F2N6O11/c1-24(2)39(53-43(61)34-16-14-27-9-6-7-12-32(27)50-34)45(63)52-35(22-38(59)60)44(62)54-40(25(3)4)47(65)55-20-19-28-21-26(5)13-15-29(28)41(55)46(64)51-33(17-18-37(57)58)36(56)23-66-42-30(48)10-8-11-31(42)49/h6-16,21,24-25,33,35,39-41H,17-20,22-23H2,1-5H3,(H,51,64)(H,52,63)(H,53,61)(H,54,62)(H,57,58)(H,59,60)/t33-,35?,39-,40-,41-/m0/s1. The molecule has 66 heavy (non-hydrogen) atoms. The summed E-state index contributed by atoms with van der Waals surface area (Å²) in [7, 11) is 0. The van der Waals surface area contributed by atoms with Gasteiger partial charge in [0, 0.05) is 18.4 Å². The topological polar surface area (TPSA) is 250 Å². The summed E-state index contributed by atoms with van der Waals surface area (Å²) in [6.07, 6.45) is -1.71. The van der Waals surface area contributed by atoms with Crippen molar-refractivity contribution in [3.8, 4) is 5.75 Å². The lowest BCUT2D eigenvalue weighted by atomic mass is 9.89. The summed E-state index contributed by atoms with van der Waals surface area (Å²) >= 11 is 0. The third kappa shape index (κ3) is 12.5. The lowest BCUT2D eigenvalue weighted by Gasteiger charge is -2.40. The van der Waals surface area contributed by atoms with Crippen LogP contribution in [0, 0.1) is 30.4 Å². The molecule has 0 radical (unpaired) electrons. The molecule has 1 aliphatic rings. The first-order chi connectivity index (χ1) is 31.2. The first-order valence-electron chi connectivity index (χ1n) is 21.3. The van der Waals surface area contributed by atoms with Gasteiger partial charge in [0.15, 0.2) is 23.2 Å². The molecule has 0 aliphatic carbocycles. The molecule has 6 N–H and O–H groups in total. The van der Waals surface area contributed by atoms with Crippen LogP contribution in [-0.2, 0) is 40.0 Å². The minimum Gasteiger partial charge on any atom is -0.481 e. The Bertz CT molecular complexity index is 2500. The van der Waals surface area contributed by atoms with E-state index < -0.39 is 133 Å². The van der Waals surface area contributed by atoms with Crippen molar-refractivity contribution in [2.24, 2.45) is 11.8 Å². The van der Waals surface area contributed by atoms with Crippen LogP contribution < -0.4 is 26.0 Å². The highest BCUT2D eigenvalue weighted by Gasteiger charge is 2.42. The summed E-state index contributed by atoms with van der Waals surface area (Å²) < 4.78 is 33.7. The smallest absolute Gasteiger partial charge is 0.305 e. The second-order valence-corrected chi connectivity index (χ2v) is 16.7. The predicted octanol–water partition coefficient (Wildman–Crippen LogP) is 3.80. The van der Waals surface area contributed by atoms with Gasteiger partial charge >= 0.3 is 11.9 Å². The van der Waals surface area contributed by atoms with Gasteiger partial charge in [0.25, 0.3) is 5.91 Å². The summed E-state index contributed by atoms with van der Waals surface area (Å²) in [4.78, 5) is 113. The van der Waals surface area contributed by atoms with Crippen LogP contribution >= 0.6 is 0 Å². The van der Waals surface area contributed by atoms with Crippen molar-refractivity contribution in [1.82, 2.24) is 31.2 Å². The minimum atomic E-state index is -1.74. The van der Waals surface area contributed by atoms with Crippen molar-refractivity contribution in [3.63, 3.8) is 0 Å². The summed E-state index contributed by atoms with van der Waals surface area (Å²) in [5.74, 6) is -12.3. The molecule has 19 heteroatoms. The van der Waals surface area contributed by atoms with Crippen LogP contribution in [0.15, 0.2) is 72.8 Å². The average Bonchev–Trinajstić information content (AvgIpc) is 3.26. The number of carboxylic acids is 2. The zero-order valence-electron chi connectivity index (χ0n) is 36.9. The fourth-order valence-corrected chi connectivity index (χ4v) is 7.51. The number of nitrogens with zero attached hydrogens (tertiary/aromatic N) is 2. The van der Waals surface area contributed by atoms with Gasteiger partial charge in [0.05, 0.1) is 18.0 Å². The van der Waals surface area contributed by atoms with Gasteiger partial charge in [-0.25, -0.2) is 13.8 Å². The number of rotatable bonds is 20. The van der Waals surface area contributed by atoms with E-state index in [-0.39, 0.29) is 18.7 Å². The molecule has 0 fully saturated rings. The molecule has 1 aromatic heterocycles. The molecule has 5 rings (SSSR count). The molecule has 0 spiro atoms. The number of Topliss-reactive ketones (excluding diaryl/α,β-unsaturated/α-hetero) is 1. The number of carboxylic acid groups (broad SMARTS) is 2. The van der Waals surface area contributed by atoms with Crippen LogP contribution in [0.5, 0.6) is 5.75 Å². The largest absolute Gasteiger partial charge is 0.481 e. The van der Waals surface area contributed by atoms with Crippen LogP contribution in [0.25, 0.3) is 10.9 Å². The highest BCUT2D eigenvalue weighted by atomic mass is 19.1. The van der Waals surface area contributed by atoms with E-state index in [1.54, 1.807) is 58.0 Å². The molecule has 3 aromatic carbocycles. The van der Waals surface area contributed by atoms with Crippen molar-refractivity contribution in [3.05, 3.63) is 107 Å². The molecular formula is C47H52F2N6O11. The number of halogens is 2. The second kappa shape index (κ2) is 22.1. The molecule has 5 amide bonds. The van der Waals surface area contributed by atoms with Crippen LogP contribution in [-0.4, -0.2) is 105 Å². The lowest BCUT2D eigenvalue weighted by molar-refractivity contribution is -0.146. The maximum atomic E-state index is 14.7. The van der Waals surface area contributed by atoms with E-state index in [1.165, 1.54) is 11.0 Å². The lowest BCUT2D eigenvalue weighted by Crippen LogP contribution is -2.60. The number of aryl methyl sites for hydroxylation is 1. The molecule has 0 bridgehead atoms. The molecule has 4 aromatic rings. The van der Waals surface area contributed by atoms with Gasteiger partial charge in [-0.3, -0.25) is 38.4 Å². The molecule has 2 heterocycles. The van der Waals surface area contributed by atoms with Crippen molar-refractivity contribution in [1.29, 1.82) is 0 Å². The van der Waals surface area contributed by atoms with Crippen LogP contribution in [0.3, 0.4) is 0 Å². The molecule has 350 valence electrons. The zero-order valence-corrected chi connectivity index (χ0v) is 36.9. The van der Waals surface area contributed by atoms with Gasteiger partial charge in [-0.2, -0.15) is 0 Å². The van der Waals surface area contributed by atoms with Crippen molar-refractivity contribution < 1.29 is 62.1 Å². The Kier molecular flexibility index (Phi) is 16.6. The molecule has 5 atom stereocenters. The molecule has 0 saturated heterocycles. The number of aliphatic carboxylic acids is 2. The number of hydrogen-bond donors (Lipinski definition) is 6. The number of pyridine rings is 1. The SMILES string of the molecule is Cc1ccc2c(c1)CCN(C(=O)[C@@H](NC(=O)C(CC(=O)O)NC(=O)[C@@H](NC(=O)c1ccc3ccccc3n1)C(C)C)C(C)C)[C@@H]2C(=O)N[C@@H](CCC(=O)O)C(=O)COc1c(F)cccc1F. The number of fused-ring (bicyclic) bond motifs is 2. The van der Waals surface area contributed by atoms with Crippen LogP contribution in [0.1, 0.15) is 80.2 Å². The van der Waals surface area contributed by atoms with E-state index in [0.29, 0.717) is 16.6 Å². The molecule has 17 nitrogen and oxygen atoms in total. The second-order valence-electron chi connectivity index (χ2n) is 16.7. The number of hydrogen-bond acceptors (Lipinski definition) is 10. The summed E-state index contributed by atoms with van der Waals surface area (Å²) in [5, 5.41) is 30.2. The number of ether oxygens (including phenoxy) is 1. The number of benzene rings is 3. The number of nitrogens with one attached hydrogen (secondary N) is 4. The Morgan fingerprint density at radius 2 is 1.45 bits per heavy atom. The van der Waals surface area contributed by atoms with E-state index in [1.807, 2.05) is 25.1 Å². The fraction of sp³-hybridized carbons (Fsp3) is 0.383. The van der Waals surface area contributed by atoms with E-state index in [4.69, 9.17) is 4.74 Å². The van der Waals surface area contributed by atoms with Gasteiger partial charge in [0.1, 0.15) is 36.5 Å². The van der Waals surface area contributed by atoms with Gasteiger partial charge in [-0.1, -0.05) is 81.8 Å². The third-order valence-corrected chi connectivity index (χ3v) is 11.0. The number of para-hydroxylation sites is 2. The van der Waals surface area contributed by atoms with E-state index in [0.717, 1.165) is 29.1 Å². The molecule has 1 unspecified atom stereocenters. The predicted molar refractivity (Wildman–Crippen MR) is 234 cm³/mol. The monoisotopic (exact) mass is 914 g/mol. The number of ketones is 1. The molecule has 1 aliphatic heterocycles. The first-order valence-corrected chi connectivity index (χ1v) is 21.3. The number of amides is 5. The Morgan fingerprint density at radius 3 is 2.11 bits per heavy atom. The van der Waals surface area contributed by atoms with Gasteiger partial charge in [-0.15, -0.1) is 0 Å². The molecule has 0 saturated carbocycles. The normalized spacial score (nSPS) is 15.2. The van der Waals surface area contributed by atoms with Crippen molar-refractivity contribution in [2.75, 3.05) is 13.2 Å². The Labute approximate surface area is 378 Å². The van der Waals surface area contributed by atoms with Crippen molar-refractivity contribution in [2.45, 2.75) is 90.5 Å². The van der Waals surface area contributed by atoms with Crippen LogP contribution in [0.4, 0.5) is 8.78 Å². The Morgan fingerprint density at radius 1 is 0.773 bits per heavy atom. The van der Waals surface area contributed by atoms with Crippen molar-refractivity contribution >= 4 is 58.2 Å².